The Morgan fingerprint density at radius 3 is 2.15 bits per heavy atom. The standard InChI is InChI=1S/C9H18N2O.C4H10O3S/c1-8(2)9(12)10-6-5-7-11(3)4;1-2-3-4-8(5,6)7/h1,5-7H2,2-4H3,(H,10,12);2-4H2,1H3,(H,5,6,7). The fourth-order valence-electron chi connectivity index (χ4n) is 1.07. The first kappa shape index (κ1) is 21.4. The highest BCUT2D eigenvalue weighted by atomic mass is 32.2. The van der Waals surface area contributed by atoms with Crippen molar-refractivity contribution in [1.29, 1.82) is 0 Å². The number of carbonyl (C=O) groups is 1. The molecule has 120 valence electrons. The monoisotopic (exact) mass is 308 g/mol. The summed E-state index contributed by atoms with van der Waals surface area (Å²) in [4.78, 5) is 13.1. The summed E-state index contributed by atoms with van der Waals surface area (Å²) in [5.41, 5.74) is 0.569. The van der Waals surface area contributed by atoms with Crippen molar-refractivity contribution < 1.29 is 17.8 Å². The molecule has 0 unspecified atom stereocenters. The number of nitrogens with one attached hydrogen (secondary N) is 1. The summed E-state index contributed by atoms with van der Waals surface area (Å²) in [7, 11) is 0.343. The van der Waals surface area contributed by atoms with E-state index in [1.807, 2.05) is 21.0 Å². The van der Waals surface area contributed by atoms with Gasteiger partial charge in [-0.1, -0.05) is 19.9 Å². The second-order valence-corrected chi connectivity index (χ2v) is 6.40. The van der Waals surface area contributed by atoms with Crippen LogP contribution in [-0.2, 0) is 14.9 Å². The van der Waals surface area contributed by atoms with Gasteiger partial charge >= 0.3 is 0 Å². The molecular weight excluding hydrogens is 280 g/mol. The SMILES string of the molecule is C=C(C)C(=O)NCCCN(C)C.CCCCS(=O)(=O)O. The average Bonchev–Trinajstić information content (AvgIpc) is 2.31. The van der Waals surface area contributed by atoms with Crippen LogP contribution in [0.25, 0.3) is 0 Å². The largest absolute Gasteiger partial charge is 0.352 e. The lowest BCUT2D eigenvalue weighted by atomic mass is 10.3. The highest BCUT2D eigenvalue weighted by Crippen LogP contribution is 1.90. The van der Waals surface area contributed by atoms with Gasteiger partial charge in [0.25, 0.3) is 10.1 Å². The van der Waals surface area contributed by atoms with E-state index in [0.717, 1.165) is 25.9 Å². The summed E-state index contributed by atoms with van der Waals surface area (Å²) in [5, 5.41) is 2.77. The summed E-state index contributed by atoms with van der Waals surface area (Å²) in [6.07, 6.45) is 2.31. The molecule has 0 atom stereocenters. The van der Waals surface area contributed by atoms with Crippen LogP contribution in [0.4, 0.5) is 0 Å². The summed E-state index contributed by atoms with van der Waals surface area (Å²) < 4.78 is 28.0. The second kappa shape index (κ2) is 11.9. The van der Waals surface area contributed by atoms with Crippen molar-refractivity contribution in [3.63, 3.8) is 0 Å². The number of unbranched alkanes of at least 4 members (excludes halogenated alkanes) is 1. The third-order valence-corrected chi connectivity index (χ3v) is 3.02. The first-order chi connectivity index (χ1) is 9.10. The van der Waals surface area contributed by atoms with Crippen LogP contribution in [0, 0.1) is 0 Å². The molecule has 2 N–H and O–H groups in total. The number of hydrogen-bond donors (Lipinski definition) is 2. The molecule has 20 heavy (non-hydrogen) atoms. The van der Waals surface area contributed by atoms with Crippen LogP contribution in [0.1, 0.15) is 33.1 Å². The third kappa shape index (κ3) is 19.4. The van der Waals surface area contributed by atoms with Crippen molar-refractivity contribution in [2.24, 2.45) is 0 Å². The number of rotatable bonds is 8. The highest BCUT2D eigenvalue weighted by Gasteiger charge is 2.00. The molecule has 6 nitrogen and oxygen atoms in total. The molecule has 0 aliphatic carbocycles. The predicted octanol–water partition coefficient (Wildman–Crippen LogP) is 1.30. The zero-order chi connectivity index (χ0) is 16.2. The minimum absolute atomic E-state index is 0.0474. The van der Waals surface area contributed by atoms with E-state index >= 15 is 0 Å². The molecule has 7 heteroatoms. The van der Waals surface area contributed by atoms with E-state index in [2.05, 4.69) is 16.8 Å². The number of hydrogen-bond acceptors (Lipinski definition) is 4. The maximum Gasteiger partial charge on any atom is 0.264 e. The lowest BCUT2D eigenvalue weighted by Crippen LogP contribution is -2.27. The molecule has 0 saturated carbocycles. The third-order valence-electron chi connectivity index (χ3n) is 2.21. The van der Waals surface area contributed by atoms with Gasteiger partial charge in [-0.3, -0.25) is 9.35 Å². The molecule has 0 bridgehead atoms. The number of carbonyl (C=O) groups excluding carboxylic acids is 1. The van der Waals surface area contributed by atoms with Crippen LogP contribution in [0.15, 0.2) is 12.2 Å². The molecule has 0 aromatic rings. The summed E-state index contributed by atoms with van der Waals surface area (Å²) in [6.45, 7) is 8.84. The smallest absolute Gasteiger partial charge is 0.264 e. The molecule has 0 aromatic carbocycles. The molecule has 0 heterocycles. The Morgan fingerprint density at radius 1 is 1.30 bits per heavy atom. The molecule has 1 amide bonds. The quantitative estimate of drug-likeness (QED) is 0.401. The summed E-state index contributed by atoms with van der Waals surface area (Å²) in [6, 6.07) is 0. The van der Waals surface area contributed by atoms with E-state index in [4.69, 9.17) is 4.55 Å². The van der Waals surface area contributed by atoms with Gasteiger partial charge in [0.1, 0.15) is 0 Å². The zero-order valence-electron chi connectivity index (χ0n) is 13.0. The predicted molar refractivity (Wildman–Crippen MR) is 82.3 cm³/mol. The van der Waals surface area contributed by atoms with Crippen LogP contribution in [-0.4, -0.2) is 56.7 Å². The van der Waals surface area contributed by atoms with Crippen LogP contribution in [0.5, 0.6) is 0 Å². The first-order valence-corrected chi connectivity index (χ1v) is 8.24. The molecule has 0 fully saturated rings. The van der Waals surface area contributed by atoms with Crippen molar-refractivity contribution >= 4 is 16.0 Å². The Kier molecular flexibility index (Phi) is 12.7. The van der Waals surface area contributed by atoms with Gasteiger partial charge in [-0.2, -0.15) is 8.42 Å². The number of amides is 1. The van der Waals surface area contributed by atoms with Crippen molar-refractivity contribution in [3.8, 4) is 0 Å². The summed E-state index contributed by atoms with van der Waals surface area (Å²) in [5.74, 6) is -0.155. The highest BCUT2D eigenvalue weighted by molar-refractivity contribution is 7.85. The topological polar surface area (TPSA) is 86.7 Å². The first-order valence-electron chi connectivity index (χ1n) is 6.63. The van der Waals surface area contributed by atoms with E-state index in [-0.39, 0.29) is 11.7 Å². The fourth-order valence-corrected chi connectivity index (χ4v) is 1.73. The summed E-state index contributed by atoms with van der Waals surface area (Å²) >= 11 is 0. The van der Waals surface area contributed by atoms with Gasteiger partial charge < -0.3 is 10.2 Å². The van der Waals surface area contributed by atoms with E-state index < -0.39 is 10.1 Å². The molecule has 0 radical (unpaired) electrons. The Labute approximate surface area is 123 Å². The van der Waals surface area contributed by atoms with Crippen LogP contribution in [0.2, 0.25) is 0 Å². The minimum Gasteiger partial charge on any atom is -0.352 e. The van der Waals surface area contributed by atoms with Crippen molar-refractivity contribution in [2.75, 3.05) is 32.9 Å². The van der Waals surface area contributed by atoms with E-state index in [1.165, 1.54) is 0 Å². The molecule has 0 saturated heterocycles. The van der Waals surface area contributed by atoms with Crippen molar-refractivity contribution in [3.05, 3.63) is 12.2 Å². The molecule has 0 aliphatic rings. The van der Waals surface area contributed by atoms with Gasteiger partial charge in [-0.15, -0.1) is 0 Å². The van der Waals surface area contributed by atoms with E-state index in [1.54, 1.807) is 6.92 Å². The van der Waals surface area contributed by atoms with Gasteiger partial charge in [0.05, 0.1) is 5.75 Å². The normalized spacial score (nSPS) is 10.7. The molecule has 0 spiro atoms. The molecule has 0 aliphatic heterocycles. The van der Waals surface area contributed by atoms with E-state index in [0.29, 0.717) is 12.0 Å². The Morgan fingerprint density at radius 2 is 1.85 bits per heavy atom. The Hall–Kier alpha value is -0.920. The van der Waals surface area contributed by atoms with Gasteiger partial charge in [0, 0.05) is 12.1 Å². The Bertz CT molecular complexity index is 378. The maximum absolute atomic E-state index is 11.0. The van der Waals surface area contributed by atoms with Gasteiger partial charge in [-0.05, 0) is 40.4 Å². The van der Waals surface area contributed by atoms with Gasteiger partial charge in [0.15, 0.2) is 0 Å². The lowest BCUT2D eigenvalue weighted by molar-refractivity contribution is -0.117. The van der Waals surface area contributed by atoms with Crippen molar-refractivity contribution in [1.82, 2.24) is 10.2 Å². The Balaban J connectivity index is 0. The second-order valence-electron chi connectivity index (χ2n) is 4.83. The van der Waals surface area contributed by atoms with Crippen LogP contribution >= 0.6 is 0 Å². The van der Waals surface area contributed by atoms with Gasteiger partial charge in [0.2, 0.25) is 5.91 Å². The van der Waals surface area contributed by atoms with Gasteiger partial charge in [-0.25, -0.2) is 0 Å². The van der Waals surface area contributed by atoms with Crippen LogP contribution < -0.4 is 5.32 Å². The maximum atomic E-state index is 11.0. The minimum atomic E-state index is -3.69. The molecule has 0 aromatic heterocycles. The van der Waals surface area contributed by atoms with Crippen LogP contribution in [0.3, 0.4) is 0 Å². The van der Waals surface area contributed by atoms with Crippen molar-refractivity contribution in [2.45, 2.75) is 33.1 Å². The molecular formula is C13H28N2O4S. The molecule has 0 rings (SSSR count). The zero-order valence-corrected chi connectivity index (χ0v) is 13.8. The number of nitrogens with zero attached hydrogens (tertiary/aromatic N) is 1. The van der Waals surface area contributed by atoms with E-state index in [9.17, 15) is 13.2 Å². The fraction of sp³-hybridized carbons (Fsp3) is 0.769. The average molecular weight is 308 g/mol. The lowest BCUT2D eigenvalue weighted by Gasteiger charge is -2.09.